The van der Waals surface area contributed by atoms with Gasteiger partial charge >= 0.3 is 5.97 Å². The van der Waals surface area contributed by atoms with Crippen LogP contribution in [0, 0.1) is 11.3 Å². The van der Waals surface area contributed by atoms with E-state index in [9.17, 15) is 10.1 Å². The van der Waals surface area contributed by atoms with Crippen LogP contribution in [-0.4, -0.2) is 13.1 Å². The lowest BCUT2D eigenvalue weighted by atomic mass is 9.83. The molecule has 0 saturated carbocycles. The van der Waals surface area contributed by atoms with Gasteiger partial charge in [-0.1, -0.05) is 60.7 Å². The monoisotopic (exact) mass is 504 g/mol. The molecule has 0 aromatic heterocycles. The number of hydrogen-bond acceptors (Lipinski definition) is 7. The molecule has 7 heteroatoms. The molecule has 0 amide bonds. The lowest BCUT2D eigenvalue weighted by Gasteiger charge is -2.27. The molecule has 0 spiro atoms. The summed E-state index contributed by atoms with van der Waals surface area (Å²) in [7, 11) is 1.49. The predicted octanol–water partition coefficient (Wildman–Crippen LogP) is 5.71. The van der Waals surface area contributed by atoms with Crippen molar-refractivity contribution in [3.8, 4) is 29.1 Å². The molecule has 188 valence electrons. The number of methoxy groups -OCH3 is 1. The van der Waals surface area contributed by atoms with Crippen molar-refractivity contribution < 1.29 is 23.7 Å². The Morgan fingerprint density at radius 1 is 0.947 bits per heavy atom. The Balaban J connectivity index is 1.39. The molecule has 5 rings (SSSR count). The summed E-state index contributed by atoms with van der Waals surface area (Å²) < 4.78 is 22.5. The standard InChI is InChI=1S/C31H24N2O5/c1-35-27-10-6-5-9-25(27)31(34)37-23-15-16-24-28(17-23)38-30(33)26(18-32)29(24)21-11-13-22(14-12-21)36-19-20-7-3-2-4-8-20/h2-17,29H,19,33H2,1H3. The molecule has 1 aliphatic rings. The van der Waals surface area contributed by atoms with Crippen LogP contribution < -0.4 is 24.7 Å². The highest BCUT2D eigenvalue weighted by Gasteiger charge is 2.31. The maximum Gasteiger partial charge on any atom is 0.347 e. The fourth-order valence-electron chi connectivity index (χ4n) is 4.31. The van der Waals surface area contributed by atoms with Crippen molar-refractivity contribution in [3.05, 3.63) is 131 Å². The van der Waals surface area contributed by atoms with E-state index in [1.54, 1.807) is 42.5 Å². The molecular weight excluding hydrogens is 480 g/mol. The van der Waals surface area contributed by atoms with Crippen LogP contribution in [0.3, 0.4) is 0 Å². The van der Waals surface area contributed by atoms with E-state index in [-0.39, 0.29) is 11.6 Å². The molecule has 0 fully saturated rings. The molecule has 4 aromatic carbocycles. The molecule has 38 heavy (non-hydrogen) atoms. The number of carbonyl (C=O) groups is 1. The van der Waals surface area contributed by atoms with Crippen LogP contribution in [0.15, 0.2) is 109 Å². The zero-order chi connectivity index (χ0) is 26.5. The molecule has 0 bridgehead atoms. The Morgan fingerprint density at radius 2 is 1.66 bits per heavy atom. The van der Waals surface area contributed by atoms with Crippen LogP contribution in [0.25, 0.3) is 0 Å². The Bertz CT molecular complexity index is 1540. The minimum atomic E-state index is -0.568. The van der Waals surface area contributed by atoms with Gasteiger partial charge in [-0.2, -0.15) is 5.26 Å². The third kappa shape index (κ3) is 5.01. The van der Waals surface area contributed by atoms with Gasteiger partial charge in [-0.3, -0.25) is 0 Å². The first kappa shape index (κ1) is 24.5. The fraction of sp³-hybridized carbons (Fsp3) is 0.0968. The number of carbonyl (C=O) groups excluding carboxylic acids is 1. The molecule has 4 aromatic rings. The van der Waals surface area contributed by atoms with E-state index in [0.29, 0.717) is 35.0 Å². The van der Waals surface area contributed by atoms with Crippen molar-refractivity contribution in [2.45, 2.75) is 12.5 Å². The highest BCUT2D eigenvalue weighted by molar-refractivity contribution is 5.94. The van der Waals surface area contributed by atoms with Crippen LogP contribution in [0.4, 0.5) is 0 Å². The van der Waals surface area contributed by atoms with Gasteiger partial charge in [0.05, 0.1) is 13.0 Å². The average Bonchev–Trinajstić information content (AvgIpc) is 2.96. The van der Waals surface area contributed by atoms with Gasteiger partial charge in [-0.05, 0) is 41.5 Å². The third-order valence-electron chi connectivity index (χ3n) is 6.19. The number of nitrogens with two attached hydrogens (primary N) is 1. The molecule has 1 atom stereocenters. The quantitative estimate of drug-likeness (QED) is 0.254. The molecule has 1 heterocycles. The number of allylic oxidation sites excluding steroid dienone is 1. The van der Waals surface area contributed by atoms with E-state index in [2.05, 4.69) is 6.07 Å². The highest BCUT2D eigenvalue weighted by atomic mass is 16.5. The summed E-state index contributed by atoms with van der Waals surface area (Å²) in [5, 5.41) is 9.86. The molecule has 0 saturated heterocycles. The first-order chi connectivity index (χ1) is 18.6. The lowest BCUT2D eigenvalue weighted by molar-refractivity contribution is 0.0731. The molecule has 2 N–H and O–H groups in total. The molecule has 0 radical (unpaired) electrons. The fourth-order valence-corrected chi connectivity index (χ4v) is 4.31. The summed E-state index contributed by atoms with van der Waals surface area (Å²) >= 11 is 0. The number of ether oxygens (including phenoxy) is 4. The summed E-state index contributed by atoms with van der Waals surface area (Å²) in [5.74, 6) is 0.779. The number of nitrogens with zero attached hydrogens (tertiary/aromatic N) is 1. The van der Waals surface area contributed by atoms with Crippen molar-refractivity contribution in [2.75, 3.05) is 7.11 Å². The smallest absolute Gasteiger partial charge is 0.347 e. The number of nitriles is 1. The van der Waals surface area contributed by atoms with Crippen LogP contribution in [0.5, 0.6) is 23.0 Å². The highest BCUT2D eigenvalue weighted by Crippen LogP contribution is 2.43. The molecule has 7 nitrogen and oxygen atoms in total. The third-order valence-corrected chi connectivity index (χ3v) is 6.19. The topological polar surface area (TPSA) is 104 Å². The van der Waals surface area contributed by atoms with Gasteiger partial charge in [0.2, 0.25) is 5.88 Å². The maximum atomic E-state index is 12.8. The van der Waals surface area contributed by atoms with E-state index >= 15 is 0 Å². The second-order valence-corrected chi connectivity index (χ2v) is 8.56. The van der Waals surface area contributed by atoms with Crippen LogP contribution in [-0.2, 0) is 6.61 Å². The second kappa shape index (κ2) is 10.8. The van der Waals surface area contributed by atoms with E-state index in [0.717, 1.165) is 16.7 Å². The summed E-state index contributed by atoms with van der Waals surface area (Å²) in [6.07, 6.45) is 0. The lowest BCUT2D eigenvalue weighted by Crippen LogP contribution is -2.21. The molecule has 0 aliphatic carbocycles. The Labute approximate surface area is 220 Å². The van der Waals surface area contributed by atoms with Gasteiger partial charge in [-0.15, -0.1) is 0 Å². The van der Waals surface area contributed by atoms with Crippen molar-refractivity contribution in [2.24, 2.45) is 5.73 Å². The van der Waals surface area contributed by atoms with E-state index < -0.39 is 11.9 Å². The van der Waals surface area contributed by atoms with E-state index in [1.807, 2.05) is 54.6 Å². The maximum absolute atomic E-state index is 12.8. The predicted molar refractivity (Wildman–Crippen MR) is 141 cm³/mol. The van der Waals surface area contributed by atoms with Crippen molar-refractivity contribution in [1.82, 2.24) is 0 Å². The zero-order valence-corrected chi connectivity index (χ0v) is 20.6. The van der Waals surface area contributed by atoms with Crippen molar-refractivity contribution >= 4 is 5.97 Å². The summed E-state index contributed by atoms with van der Waals surface area (Å²) in [6, 6.07) is 31.5. The zero-order valence-electron chi connectivity index (χ0n) is 20.6. The SMILES string of the molecule is COc1ccccc1C(=O)Oc1ccc2c(c1)OC(N)=C(C#N)C2c1ccc(OCc2ccccc2)cc1. The number of fused-ring (bicyclic) bond motifs is 1. The van der Waals surface area contributed by atoms with E-state index in [4.69, 9.17) is 24.7 Å². The van der Waals surface area contributed by atoms with Gasteiger partial charge in [0.1, 0.15) is 46.8 Å². The van der Waals surface area contributed by atoms with Crippen LogP contribution >= 0.6 is 0 Å². The second-order valence-electron chi connectivity index (χ2n) is 8.56. The van der Waals surface area contributed by atoms with Crippen LogP contribution in [0.2, 0.25) is 0 Å². The minimum absolute atomic E-state index is 0.00242. The van der Waals surface area contributed by atoms with E-state index in [1.165, 1.54) is 7.11 Å². The minimum Gasteiger partial charge on any atom is -0.496 e. The van der Waals surface area contributed by atoms with Gasteiger partial charge in [0.15, 0.2) is 0 Å². The van der Waals surface area contributed by atoms with Gasteiger partial charge in [-0.25, -0.2) is 4.79 Å². The number of rotatable bonds is 7. The first-order valence-electron chi connectivity index (χ1n) is 11.9. The number of para-hydroxylation sites is 1. The van der Waals surface area contributed by atoms with Gasteiger partial charge < -0.3 is 24.7 Å². The van der Waals surface area contributed by atoms with Crippen molar-refractivity contribution in [1.29, 1.82) is 5.26 Å². The van der Waals surface area contributed by atoms with Gasteiger partial charge in [0.25, 0.3) is 0 Å². The summed E-state index contributed by atoms with van der Waals surface area (Å²) in [5.41, 5.74) is 9.38. The Kier molecular flexibility index (Phi) is 6.96. The van der Waals surface area contributed by atoms with Gasteiger partial charge in [0, 0.05) is 11.6 Å². The molecular formula is C31H24N2O5. The van der Waals surface area contributed by atoms with Crippen molar-refractivity contribution in [3.63, 3.8) is 0 Å². The molecule has 1 unspecified atom stereocenters. The summed E-state index contributed by atoms with van der Waals surface area (Å²) in [4.78, 5) is 12.8. The Morgan fingerprint density at radius 3 is 2.39 bits per heavy atom. The summed E-state index contributed by atoms with van der Waals surface area (Å²) in [6.45, 7) is 0.451. The van der Waals surface area contributed by atoms with Crippen LogP contribution in [0.1, 0.15) is 33.0 Å². The number of benzene rings is 4. The first-order valence-corrected chi connectivity index (χ1v) is 11.9. The largest absolute Gasteiger partial charge is 0.496 e. The average molecular weight is 505 g/mol. The number of esters is 1. The number of hydrogen-bond donors (Lipinski definition) is 1. The Hall–Kier alpha value is -5.22. The normalized spacial score (nSPS) is 14.1. The molecule has 1 aliphatic heterocycles.